The number of rotatable bonds is 7. The summed E-state index contributed by atoms with van der Waals surface area (Å²) in [7, 11) is -3.45. The van der Waals surface area contributed by atoms with Crippen LogP contribution in [0.5, 0.6) is 0 Å². The van der Waals surface area contributed by atoms with Crippen LogP contribution in [0.2, 0.25) is 0 Å². The maximum absolute atomic E-state index is 12.9. The molecule has 1 aliphatic heterocycles. The zero-order chi connectivity index (χ0) is 21.7. The molecule has 0 bridgehead atoms. The van der Waals surface area contributed by atoms with Gasteiger partial charge in [0, 0.05) is 51.4 Å². The van der Waals surface area contributed by atoms with Crippen LogP contribution in [0.1, 0.15) is 35.3 Å². The Hall–Kier alpha value is -2.22. The molecule has 162 valence electrons. The van der Waals surface area contributed by atoms with Crippen LogP contribution in [0.3, 0.4) is 0 Å². The van der Waals surface area contributed by atoms with Crippen LogP contribution in [0, 0.1) is 6.92 Å². The number of amides is 1. The van der Waals surface area contributed by atoms with Crippen molar-refractivity contribution in [3.05, 3.63) is 65.2 Å². The molecule has 1 aliphatic rings. The maximum atomic E-state index is 12.9. The number of aryl methyl sites for hydroxylation is 1. The number of sulfonamides is 1. The Morgan fingerprint density at radius 2 is 1.60 bits per heavy atom. The lowest BCUT2D eigenvalue weighted by Gasteiger charge is -2.34. The molecular formula is C23H31N3O3S. The van der Waals surface area contributed by atoms with Crippen LogP contribution in [0.4, 0.5) is 0 Å². The van der Waals surface area contributed by atoms with Gasteiger partial charge in [-0.1, -0.05) is 29.8 Å². The first kappa shape index (κ1) is 22.5. The summed E-state index contributed by atoms with van der Waals surface area (Å²) in [5, 5.41) is 0. The molecule has 0 atom stereocenters. The number of nitrogens with zero attached hydrogens (tertiary/aromatic N) is 3. The molecule has 1 fully saturated rings. The van der Waals surface area contributed by atoms with Gasteiger partial charge in [0.15, 0.2) is 0 Å². The van der Waals surface area contributed by atoms with Crippen molar-refractivity contribution >= 4 is 15.9 Å². The molecule has 0 spiro atoms. The fourth-order valence-electron chi connectivity index (χ4n) is 3.74. The third-order valence-corrected chi connectivity index (χ3v) is 7.53. The summed E-state index contributed by atoms with van der Waals surface area (Å²) >= 11 is 0. The van der Waals surface area contributed by atoms with Crippen molar-refractivity contribution in [1.82, 2.24) is 14.1 Å². The van der Waals surface area contributed by atoms with Gasteiger partial charge in [0.25, 0.3) is 5.91 Å². The predicted octanol–water partition coefficient (Wildman–Crippen LogP) is 2.98. The minimum atomic E-state index is -3.45. The molecular weight excluding hydrogens is 398 g/mol. The van der Waals surface area contributed by atoms with Crippen molar-refractivity contribution in [3.63, 3.8) is 0 Å². The molecule has 7 heteroatoms. The molecule has 1 amide bonds. The molecule has 0 N–H and O–H groups in total. The standard InChI is InChI=1S/C23H31N3O3S/c1-4-25(5-2)23(27)21-8-6-7-20(17-21)18-24-13-15-26(16-14-24)30(28,29)22-11-9-19(3)10-12-22/h6-12,17H,4-5,13-16,18H2,1-3H3. The summed E-state index contributed by atoms with van der Waals surface area (Å²) in [5.41, 5.74) is 2.82. The van der Waals surface area contributed by atoms with E-state index >= 15 is 0 Å². The molecule has 1 saturated heterocycles. The van der Waals surface area contributed by atoms with Crippen molar-refractivity contribution in [1.29, 1.82) is 0 Å². The van der Waals surface area contributed by atoms with E-state index in [-0.39, 0.29) is 5.91 Å². The van der Waals surface area contributed by atoms with E-state index in [1.165, 1.54) is 0 Å². The van der Waals surface area contributed by atoms with E-state index in [0.717, 1.165) is 11.1 Å². The first-order valence-corrected chi connectivity index (χ1v) is 12.0. The summed E-state index contributed by atoms with van der Waals surface area (Å²) in [6.07, 6.45) is 0. The molecule has 0 saturated carbocycles. The molecule has 30 heavy (non-hydrogen) atoms. The highest BCUT2D eigenvalue weighted by Gasteiger charge is 2.28. The summed E-state index contributed by atoms with van der Waals surface area (Å²) < 4.78 is 27.3. The Labute approximate surface area is 180 Å². The Morgan fingerprint density at radius 3 is 2.20 bits per heavy atom. The first-order chi connectivity index (χ1) is 14.3. The van der Waals surface area contributed by atoms with Crippen molar-refractivity contribution in [3.8, 4) is 0 Å². The van der Waals surface area contributed by atoms with Crippen LogP contribution < -0.4 is 0 Å². The SMILES string of the molecule is CCN(CC)C(=O)c1cccc(CN2CCN(S(=O)(=O)c3ccc(C)cc3)CC2)c1. The van der Waals surface area contributed by atoms with E-state index in [1.54, 1.807) is 16.4 Å². The number of piperazine rings is 1. The quantitative estimate of drug-likeness (QED) is 0.679. The summed E-state index contributed by atoms with van der Waals surface area (Å²) in [4.78, 5) is 17.0. The van der Waals surface area contributed by atoms with Crippen LogP contribution in [-0.2, 0) is 16.6 Å². The van der Waals surface area contributed by atoms with Crippen molar-refractivity contribution < 1.29 is 13.2 Å². The topological polar surface area (TPSA) is 60.9 Å². The third kappa shape index (κ3) is 5.09. The van der Waals surface area contributed by atoms with E-state index in [4.69, 9.17) is 0 Å². The maximum Gasteiger partial charge on any atom is 0.253 e. The van der Waals surface area contributed by atoms with Gasteiger partial charge in [-0.2, -0.15) is 4.31 Å². The smallest absolute Gasteiger partial charge is 0.253 e. The van der Waals surface area contributed by atoms with E-state index in [1.807, 2.05) is 62.1 Å². The normalized spacial score (nSPS) is 15.8. The number of hydrogen-bond donors (Lipinski definition) is 0. The lowest BCUT2D eigenvalue weighted by atomic mass is 10.1. The molecule has 1 heterocycles. The molecule has 0 radical (unpaired) electrons. The average molecular weight is 430 g/mol. The fourth-order valence-corrected chi connectivity index (χ4v) is 5.16. The number of carbonyl (C=O) groups excluding carboxylic acids is 1. The van der Waals surface area contributed by atoms with Crippen LogP contribution >= 0.6 is 0 Å². The minimum absolute atomic E-state index is 0.0517. The average Bonchev–Trinajstić information content (AvgIpc) is 2.75. The zero-order valence-corrected chi connectivity index (χ0v) is 18.9. The van der Waals surface area contributed by atoms with Crippen molar-refractivity contribution in [2.75, 3.05) is 39.3 Å². The molecule has 2 aromatic carbocycles. The highest BCUT2D eigenvalue weighted by molar-refractivity contribution is 7.89. The highest BCUT2D eigenvalue weighted by atomic mass is 32.2. The summed E-state index contributed by atoms with van der Waals surface area (Å²) in [6.45, 7) is 10.3. The molecule has 0 unspecified atom stereocenters. The first-order valence-electron chi connectivity index (χ1n) is 10.5. The van der Waals surface area contributed by atoms with Gasteiger partial charge in [-0.25, -0.2) is 8.42 Å². The number of benzene rings is 2. The molecule has 0 aromatic heterocycles. The second-order valence-corrected chi connectivity index (χ2v) is 9.61. The van der Waals surface area contributed by atoms with Gasteiger partial charge in [0.2, 0.25) is 10.0 Å². The van der Waals surface area contributed by atoms with E-state index in [2.05, 4.69) is 4.90 Å². The largest absolute Gasteiger partial charge is 0.339 e. The van der Waals surface area contributed by atoms with Gasteiger partial charge in [-0.15, -0.1) is 0 Å². The lowest BCUT2D eigenvalue weighted by molar-refractivity contribution is 0.0772. The van der Waals surface area contributed by atoms with Gasteiger partial charge >= 0.3 is 0 Å². The summed E-state index contributed by atoms with van der Waals surface area (Å²) in [6, 6.07) is 14.8. The summed E-state index contributed by atoms with van der Waals surface area (Å²) in [5.74, 6) is 0.0517. The van der Waals surface area contributed by atoms with E-state index in [0.29, 0.717) is 56.3 Å². The van der Waals surface area contributed by atoms with Crippen molar-refractivity contribution in [2.24, 2.45) is 0 Å². The van der Waals surface area contributed by atoms with Gasteiger partial charge in [0.1, 0.15) is 0 Å². The monoisotopic (exact) mass is 429 g/mol. The van der Waals surface area contributed by atoms with Crippen LogP contribution in [0.25, 0.3) is 0 Å². The Bertz CT molecular complexity index is 961. The molecule has 3 rings (SSSR count). The van der Waals surface area contributed by atoms with Gasteiger partial charge in [-0.05, 0) is 50.6 Å². The molecule has 0 aliphatic carbocycles. The predicted molar refractivity (Wildman–Crippen MR) is 119 cm³/mol. The number of carbonyl (C=O) groups is 1. The fraction of sp³-hybridized carbons (Fsp3) is 0.435. The third-order valence-electron chi connectivity index (χ3n) is 5.62. The van der Waals surface area contributed by atoms with Gasteiger partial charge < -0.3 is 4.90 Å². The number of hydrogen-bond acceptors (Lipinski definition) is 4. The molecule has 6 nitrogen and oxygen atoms in total. The minimum Gasteiger partial charge on any atom is -0.339 e. The Morgan fingerprint density at radius 1 is 0.967 bits per heavy atom. The Balaban J connectivity index is 1.62. The zero-order valence-electron chi connectivity index (χ0n) is 18.0. The second kappa shape index (κ2) is 9.73. The van der Waals surface area contributed by atoms with Crippen LogP contribution in [0.15, 0.2) is 53.4 Å². The Kier molecular flexibility index (Phi) is 7.28. The van der Waals surface area contributed by atoms with E-state index < -0.39 is 10.0 Å². The molecule has 2 aromatic rings. The van der Waals surface area contributed by atoms with E-state index in [9.17, 15) is 13.2 Å². The van der Waals surface area contributed by atoms with Crippen molar-refractivity contribution in [2.45, 2.75) is 32.2 Å². The lowest BCUT2D eigenvalue weighted by Crippen LogP contribution is -2.48. The van der Waals surface area contributed by atoms with Gasteiger partial charge in [0.05, 0.1) is 4.90 Å². The van der Waals surface area contributed by atoms with Crippen LogP contribution in [-0.4, -0.2) is 67.7 Å². The second-order valence-electron chi connectivity index (χ2n) is 7.67. The highest BCUT2D eigenvalue weighted by Crippen LogP contribution is 2.19. The van der Waals surface area contributed by atoms with Gasteiger partial charge in [-0.3, -0.25) is 9.69 Å².